The summed E-state index contributed by atoms with van der Waals surface area (Å²) in [4.78, 5) is 24.5. The molecule has 2 atom stereocenters. The summed E-state index contributed by atoms with van der Waals surface area (Å²) in [6.45, 7) is 4.98. The number of aliphatic hydroxyl groups is 2. The van der Waals surface area contributed by atoms with Crippen LogP contribution in [-0.4, -0.2) is 47.4 Å². The van der Waals surface area contributed by atoms with Crippen LogP contribution < -0.4 is 5.32 Å². The normalized spacial score (nSPS) is 12.4. The van der Waals surface area contributed by atoms with Gasteiger partial charge in [-0.2, -0.15) is 0 Å². The Bertz CT molecular complexity index is 1120. The van der Waals surface area contributed by atoms with Crippen LogP contribution in [0.2, 0.25) is 0 Å². The van der Waals surface area contributed by atoms with Gasteiger partial charge in [-0.1, -0.05) is 380 Å². The lowest BCUT2D eigenvalue weighted by Gasteiger charge is -2.22. The first-order chi connectivity index (χ1) is 38.0. The molecule has 0 saturated heterocycles. The molecule has 0 rings (SSSR count). The van der Waals surface area contributed by atoms with Crippen molar-refractivity contribution in [1.82, 2.24) is 5.32 Å². The predicted molar refractivity (Wildman–Crippen MR) is 338 cm³/mol. The van der Waals surface area contributed by atoms with E-state index >= 15 is 0 Å². The second-order valence-electron chi connectivity index (χ2n) is 24.9. The Morgan fingerprint density at radius 3 is 0.792 bits per heavy atom. The summed E-state index contributed by atoms with van der Waals surface area (Å²) in [6, 6.07) is -0.534. The van der Waals surface area contributed by atoms with E-state index in [4.69, 9.17) is 4.74 Å². The summed E-state index contributed by atoms with van der Waals surface area (Å²) >= 11 is 0. The Balaban J connectivity index is 3.26. The number of unbranched alkanes of at least 4 members (excludes halogenated alkanes) is 57. The van der Waals surface area contributed by atoms with Gasteiger partial charge in [-0.15, -0.1) is 0 Å². The molecule has 0 aliphatic heterocycles. The van der Waals surface area contributed by atoms with Crippen LogP contribution in [0.1, 0.15) is 418 Å². The van der Waals surface area contributed by atoms with Gasteiger partial charge < -0.3 is 20.3 Å². The number of ether oxygens (including phenoxy) is 1. The van der Waals surface area contributed by atoms with E-state index in [2.05, 4.69) is 19.2 Å². The topological polar surface area (TPSA) is 95.9 Å². The Hall–Kier alpha value is -1.14. The summed E-state index contributed by atoms with van der Waals surface area (Å²) in [6.07, 6.45) is 81.8. The predicted octanol–water partition coefficient (Wildman–Crippen LogP) is 23.0. The molecule has 0 aromatic heterocycles. The maximum absolute atomic E-state index is 12.5. The monoisotopic (exact) mass is 1090 g/mol. The zero-order chi connectivity index (χ0) is 55.7. The van der Waals surface area contributed by atoms with E-state index in [9.17, 15) is 19.8 Å². The van der Waals surface area contributed by atoms with Crippen molar-refractivity contribution >= 4 is 11.9 Å². The fraction of sp³-hybridized carbons (Fsp3) is 0.972. The lowest BCUT2D eigenvalue weighted by molar-refractivity contribution is -0.143. The maximum atomic E-state index is 12.5. The van der Waals surface area contributed by atoms with Crippen LogP contribution in [0.25, 0.3) is 0 Å². The standard InChI is InChI=1S/C71H141NO5/c1-3-5-7-9-11-13-15-45-49-53-57-61-65-71(76)77-66-62-58-54-50-46-42-40-38-36-34-32-30-28-26-24-22-20-18-16-17-19-21-23-25-27-29-31-33-35-37-39-41-44-48-52-56-60-64-70(75)72-68(67-73)69(74)63-59-55-51-47-43-14-12-10-8-6-4-2/h68-69,73-74H,3-67H2,1-2H3,(H,72,75). The Kier molecular flexibility index (Phi) is 66.4. The highest BCUT2D eigenvalue weighted by molar-refractivity contribution is 5.76. The molecule has 0 spiro atoms. The summed E-state index contributed by atoms with van der Waals surface area (Å²) in [7, 11) is 0. The van der Waals surface area contributed by atoms with Gasteiger partial charge in [-0.3, -0.25) is 9.59 Å². The van der Waals surface area contributed by atoms with Crippen molar-refractivity contribution < 1.29 is 24.5 Å². The zero-order valence-corrected chi connectivity index (χ0v) is 52.7. The summed E-state index contributed by atoms with van der Waals surface area (Å²) in [5, 5.41) is 23.2. The van der Waals surface area contributed by atoms with Crippen molar-refractivity contribution in [2.75, 3.05) is 13.2 Å². The number of carbonyl (C=O) groups is 2. The number of amides is 1. The first kappa shape index (κ1) is 75.9. The SMILES string of the molecule is CCCCCCCCCCCCCCC(=O)OCCCCCCCCCCCCCCCCCCCCCCCCCCCCCCCCCCCCCCCC(=O)NC(CO)C(O)CCCCCCCCCCCCC. The molecule has 0 bridgehead atoms. The van der Waals surface area contributed by atoms with E-state index in [0.29, 0.717) is 25.9 Å². The number of nitrogens with one attached hydrogen (secondary N) is 1. The highest BCUT2D eigenvalue weighted by atomic mass is 16.5. The molecular formula is C71H141NO5. The van der Waals surface area contributed by atoms with E-state index in [0.717, 1.165) is 38.5 Å². The number of rotatable bonds is 68. The van der Waals surface area contributed by atoms with Gasteiger partial charge in [0, 0.05) is 12.8 Å². The third kappa shape index (κ3) is 63.9. The van der Waals surface area contributed by atoms with Crippen LogP contribution in [0.15, 0.2) is 0 Å². The van der Waals surface area contributed by atoms with Crippen LogP contribution in [0.3, 0.4) is 0 Å². The van der Waals surface area contributed by atoms with Crippen molar-refractivity contribution in [3.63, 3.8) is 0 Å². The van der Waals surface area contributed by atoms with E-state index in [1.807, 2.05) is 0 Å². The smallest absolute Gasteiger partial charge is 0.305 e. The first-order valence-corrected chi connectivity index (χ1v) is 35.8. The summed E-state index contributed by atoms with van der Waals surface area (Å²) in [5.74, 6) is -0.00255. The van der Waals surface area contributed by atoms with Crippen molar-refractivity contribution in [3.05, 3.63) is 0 Å². The zero-order valence-electron chi connectivity index (χ0n) is 52.7. The molecule has 0 aliphatic rings. The van der Waals surface area contributed by atoms with Crippen molar-refractivity contribution in [3.8, 4) is 0 Å². The molecule has 6 heteroatoms. The van der Waals surface area contributed by atoms with Crippen LogP contribution in [0.5, 0.6) is 0 Å². The van der Waals surface area contributed by atoms with Gasteiger partial charge in [-0.25, -0.2) is 0 Å². The Morgan fingerprint density at radius 1 is 0.312 bits per heavy atom. The first-order valence-electron chi connectivity index (χ1n) is 35.8. The Labute approximate surface area is 483 Å². The fourth-order valence-corrected chi connectivity index (χ4v) is 11.7. The molecule has 0 heterocycles. The van der Waals surface area contributed by atoms with Gasteiger partial charge in [0.05, 0.1) is 25.4 Å². The number of hydrogen-bond acceptors (Lipinski definition) is 5. The summed E-state index contributed by atoms with van der Waals surface area (Å²) in [5.41, 5.74) is 0. The minimum Gasteiger partial charge on any atom is -0.466 e. The van der Waals surface area contributed by atoms with Crippen LogP contribution in [-0.2, 0) is 14.3 Å². The third-order valence-electron chi connectivity index (χ3n) is 17.2. The van der Waals surface area contributed by atoms with Crippen LogP contribution in [0.4, 0.5) is 0 Å². The van der Waals surface area contributed by atoms with Gasteiger partial charge in [0.2, 0.25) is 5.91 Å². The largest absolute Gasteiger partial charge is 0.466 e. The second-order valence-corrected chi connectivity index (χ2v) is 24.9. The molecule has 0 saturated carbocycles. The third-order valence-corrected chi connectivity index (χ3v) is 17.2. The van der Waals surface area contributed by atoms with E-state index < -0.39 is 12.1 Å². The molecule has 460 valence electrons. The van der Waals surface area contributed by atoms with Crippen molar-refractivity contribution in [2.24, 2.45) is 0 Å². The molecular weight excluding hydrogens is 947 g/mol. The molecule has 6 nitrogen and oxygen atoms in total. The van der Waals surface area contributed by atoms with Crippen molar-refractivity contribution in [2.45, 2.75) is 431 Å². The van der Waals surface area contributed by atoms with Gasteiger partial charge in [0.25, 0.3) is 0 Å². The number of carbonyl (C=O) groups excluding carboxylic acids is 2. The minimum atomic E-state index is -0.657. The molecule has 77 heavy (non-hydrogen) atoms. The van der Waals surface area contributed by atoms with Crippen LogP contribution >= 0.6 is 0 Å². The lowest BCUT2D eigenvalue weighted by atomic mass is 10.0. The van der Waals surface area contributed by atoms with E-state index in [1.165, 1.54) is 347 Å². The molecule has 2 unspecified atom stereocenters. The van der Waals surface area contributed by atoms with Crippen molar-refractivity contribution in [1.29, 1.82) is 0 Å². The number of aliphatic hydroxyl groups excluding tert-OH is 2. The maximum Gasteiger partial charge on any atom is 0.305 e. The molecule has 0 fully saturated rings. The molecule has 0 aromatic rings. The fourth-order valence-electron chi connectivity index (χ4n) is 11.7. The second kappa shape index (κ2) is 67.4. The molecule has 3 N–H and O–H groups in total. The average Bonchev–Trinajstić information content (AvgIpc) is 3.43. The van der Waals surface area contributed by atoms with Crippen LogP contribution in [0, 0.1) is 0 Å². The molecule has 0 aliphatic carbocycles. The number of hydrogen-bond donors (Lipinski definition) is 3. The quantitative estimate of drug-likeness (QED) is 0.0417. The van der Waals surface area contributed by atoms with Gasteiger partial charge in [0.15, 0.2) is 0 Å². The average molecular weight is 1090 g/mol. The summed E-state index contributed by atoms with van der Waals surface area (Å²) < 4.78 is 5.49. The molecule has 1 amide bonds. The van der Waals surface area contributed by atoms with Gasteiger partial charge in [0.1, 0.15) is 0 Å². The lowest BCUT2D eigenvalue weighted by Crippen LogP contribution is -2.45. The van der Waals surface area contributed by atoms with Gasteiger partial charge >= 0.3 is 5.97 Å². The minimum absolute atomic E-state index is 0.0250. The molecule has 0 aromatic carbocycles. The highest BCUT2D eigenvalue weighted by Crippen LogP contribution is 2.20. The Morgan fingerprint density at radius 2 is 0.532 bits per heavy atom. The van der Waals surface area contributed by atoms with Gasteiger partial charge in [-0.05, 0) is 25.7 Å². The highest BCUT2D eigenvalue weighted by Gasteiger charge is 2.20. The van der Waals surface area contributed by atoms with E-state index in [-0.39, 0.29) is 18.5 Å². The molecule has 0 radical (unpaired) electrons. The number of esters is 1. The van der Waals surface area contributed by atoms with E-state index in [1.54, 1.807) is 0 Å².